The topological polar surface area (TPSA) is 89.5 Å². The van der Waals surface area contributed by atoms with Gasteiger partial charge in [-0.15, -0.1) is 0 Å². The van der Waals surface area contributed by atoms with Crippen molar-refractivity contribution in [3.05, 3.63) is 65.2 Å². The molecule has 2 N–H and O–H groups in total. The molecule has 0 spiro atoms. The smallest absolute Gasteiger partial charge is 0.296 e. The summed E-state index contributed by atoms with van der Waals surface area (Å²) in [4.78, 5) is 36.6. The molecule has 160 valence electrons. The highest BCUT2D eigenvalue weighted by Crippen LogP contribution is 2.41. The number of Topliss-reactive ketones (excluding diaryl/α,β-unsaturated/α-hetero) is 1. The third kappa shape index (κ3) is 3.43. The number of aromatic nitrogens is 2. The molecule has 31 heavy (non-hydrogen) atoms. The number of benzene rings is 2. The van der Waals surface area contributed by atoms with Gasteiger partial charge in [-0.05, 0) is 35.9 Å². The van der Waals surface area contributed by atoms with E-state index in [4.69, 9.17) is 0 Å². The number of ketones is 1. The summed E-state index contributed by atoms with van der Waals surface area (Å²) in [5.41, 5.74) is 2.51. The normalized spacial score (nSPS) is 16.6. The molecule has 1 aliphatic rings. The second-order valence-corrected chi connectivity index (χ2v) is 8.07. The minimum atomic E-state index is -0.857. The third-order valence-electron chi connectivity index (χ3n) is 5.38. The van der Waals surface area contributed by atoms with Crippen LogP contribution < -0.4 is 9.80 Å². The number of H-pyrrole nitrogens is 1. The van der Waals surface area contributed by atoms with Crippen molar-refractivity contribution in [1.29, 1.82) is 0 Å². The van der Waals surface area contributed by atoms with Gasteiger partial charge in [0.25, 0.3) is 5.91 Å². The third-order valence-corrected chi connectivity index (χ3v) is 5.38. The lowest BCUT2D eigenvalue weighted by atomic mass is 9.91. The number of hydrogen-bond acceptors (Lipinski definition) is 5. The first-order chi connectivity index (χ1) is 14.7. The van der Waals surface area contributed by atoms with Crippen molar-refractivity contribution >= 4 is 34.4 Å². The van der Waals surface area contributed by atoms with E-state index in [1.165, 1.54) is 23.1 Å². The molecule has 2 aromatic carbocycles. The number of halogens is 1. The fraction of sp³-hybridized carbons (Fsp3) is 0.261. The highest BCUT2D eigenvalue weighted by atomic mass is 19.1. The number of hydrogen-bond donors (Lipinski definition) is 2. The second kappa shape index (κ2) is 7.54. The number of anilines is 2. The summed E-state index contributed by atoms with van der Waals surface area (Å²) in [6, 6.07) is 10.6. The summed E-state index contributed by atoms with van der Waals surface area (Å²) in [5.74, 6) is -2.37. The van der Waals surface area contributed by atoms with Gasteiger partial charge in [0, 0.05) is 25.7 Å². The van der Waals surface area contributed by atoms with Crippen LogP contribution in [0.15, 0.2) is 53.8 Å². The van der Waals surface area contributed by atoms with E-state index in [1.54, 1.807) is 13.8 Å². The SMILES string of the molecule is CC(C)C(=O)C1=C(O)C(=O)N(c2nc3ccc(F)cc3[nH]2)C1c1ccc(N(C)C)cc1. The first kappa shape index (κ1) is 20.6. The maximum atomic E-state index is 13.6. The number of carbonyl (C=O) groups excluding carboxylic acids is 2. The minimum Gasteiger partial charge on any atom is -0.503 e. The molecule has 8 heteroatoms. The van der Waals surface area contributed by atoms with Gasteiger partial charge in [-0.25, -0.2) is 9.37 Å². The van der Waals surface area contributed by atoms with Gasteiger partial charge >= 0.3 is 0 Å². The highest BCUT2D eigenvalue weighted by Gasteiger charge is 2.46. The quantitative estimate of drug-likeness (QED) is 0.651. The van der Waals surface area contributed by atoms with Crippen LogP contribution in [0.5, 0.6) is 0 Å². The molecule has 1 aromatic heterocycles. The molecule has 1 unspecified atom stereocenters. The van der Waals surface area contributed by atoms with E-state index in [9.17, 15) is 19.1 Å². The maximum Gasteiger partial charge on any atom is 0.296 e. The molecular weight excluding hydrogens is 399 g/mol. The summed E-state index contributed by atoms with van der Waals surface area (Å²) < 4.78 is 13.6. The van der Waals surface area contributed by atoms with E-state index in [0.29, 0.717) is 16.6 Å². The number of amides is 1. The molecule has 7 nitrogen and oxygen atoms in total. The van der Waals surface area contributed by atoms with E-state index in [0.717, 1.165) is 5.69 Å². The lowest BCUT2D eigenvalue weighted by Crippen LogP contribution is -2.32. The van der Waals surface area contributed by atoms with E-state index < -0.39 is 29.4 Å². The van der Waals surface area contributed by atoms with Crippen molar-refractivity contribution in [2.75, 3.05) is 23.9 Å². The molecule has 0 aliphatic carbocycles. The molecule has 0 fully saturated rings. The van der Waals surface area contributed by atoms with Crippen LogP contribution in [0.4, 0.5) is 16.0 Å². The standard InChI is InChI=1S/C23H23FN4O3/c1-12(2)20(29)18-19(13-5-8-15(9-6-13)27(3)4)28(22(31)21(18)30)23-25-16-10-7-14(24)11-17(16)26-23/h5-12,19,30H,1-4H3,(H,25,26). The molecule has 3 aromatic rings. The maximum absolute atomic E-state index is 13.6. The molecule has 0 saturated carbocycles. The Morgan fingerprint density at radius 3 is 2.48 bits per heavy atom. The van der Waals surface area contributed by atoms with Crippen LogP contribution in [0.25, 0.3) is 11.0 Å². The zero-order chi connectivity index (χ0) is 22.4. The Balaban J connectivity index is 1.87. The second-order valence-electron chi connectivity index (χ2n) is 8.07. The van der Waals surface area contributed by atoms with Crippen LogP contribution >= 0.6 is 0 Å². The Bertz CT molecular complexity index is 1210. The minimum absolute atomic E-state index is 0.0317. The summed E-state index contributed by atoms with van der Waals surface area (Å²) in [6.45, 7) is 3.43. The predicted octanol–water partition coefficient (Wildman–Crippen LogP) is 3.89. The van der Waals surface area contributed by atoms with Gasteiger partial charge in [-0.3, -0.25) is 14.5 Å². The molecule has 0 bridgehead atoms. The molecule has 1 aliphatic heterocycles. The van der Waals surface area contributed by atoms with Crippen molar-refractivity contribution < 1.29 is 19.1 Å². The number of carbonyl (C=O) groups is 2. The van der Waals surface area contributed by atoms with Gasteiger partial charge in [-0.2, -0.15) is 0 Å². The molecule has 0 radical (unpaired) electrons. The van der Waals surface area contributed by atoms with Crippen LogP contribution in [0.3, 0.4) is 0 Å². The Hall–Kier alpha value is -3.68. The van der Waals surface area contributed by atoms with Crippen molar-refractivity contribution in [3.8, 4) is 0 Å². The fourth-order valence-electron chi connectivity index (χ4n) is 3.74. The van der Waals surface area contributed by atoms with Crippen LogP contribution in [0.1, 0.15) is 25.5 Å². The summed E-state index contributed by atoms with van der Waals surface area (Å²) >= 11 is 0. The van der Waals surface area contributed by atoms with Gasteiger partial charge in [0.2, 0.25) is 5.95 Å². The van der Waals surface area contributed by atoms with E-state index >= 15 is 0 Å². The van der Waals surface area contributed by atoms with Crippen molar-refractivity contribution in [2.24, 2.45) is 5.92 Å². The number of aliphatic hydroxyl groups is 1. The number of aliphatic hydroxyl groups excluding tert-OH is 1. The zero-order valence-electron chi connectivity index (χ0n) is 17.7. The molecule has 0 saturated heterocycles. The van der Waals surface area contributed by atoms with Gasteiger partial charge < -0.3 is 15.0 Å². The highest BCUT2D eigenvalue weighted by molar-refractivity contribution is 6.16. The van der Waals surface area contributed by atoms with Crippen molar-refractivity contribution in [1.82, 2.24) is 9.97 Å². The van der Waals surface area contributed by atoms with Crippen LogP contribution in [-0.2, 0) is 9.59 Å². The summed E-state index contributed by atoms with van der Waals surface area (Å²) in [6.07, 6.45) is 0. The molecular formula is C23H23FN4O3. The Kier molecular flexibility index (Phi) is 5.00. The van der Waals surface area contributed by atoms with Crippen LogP contribution in [0.2, 0.25) is 0 Å². The van der Waals surface area contributed by atoms with Gasteiger partial charge in [0.15, 0.2) is 11.5 Å². The molecule has 2 heterocycles. The lowest BCUT2D eigenvalue weighted by Gasteiger charge is -2.25. The molecule has 4 rings (SSSR count). The van der Waals surface area contributed by atoms with Gasteiger partial charge in [0.1, 0.15) is 5.82 Å². The summed E-state index contributed by atoms with van der Waals surface area (Å²) in [7, 11) is 3.82. The Morgan fingerprint density at radius 2 is 1.87 bits per heavy atom. The number of imidazole rings is 1. The Labute approximate surface area is 178 Å². The monoisotopic (exact) mass is 422 g/mol. The summed E-state index contributed by atoms with van der Waals surface area (Å²) in [5, 5.41) is 10.7. The number of aromatic amines is 1. The molecule has 1 atom stereocenters. The lowest BCUT2D eigenvalue weighted by molar-refractivity contribution is -0.119. The number of rotatable bonds is 5. The average Bonchev–Trinajstić information content (AvgIpc) is 3.25. The van der Waals surface area contributed by atoms with Crippen LogP contribution in [0, 0.1) is 11.7 Å². The zero-order valence-corrected chi connectivity index (χ0v) is 17.7. The van der Waals surface area contributed by atoms with E-state index in [2.05, 4.69) is 9.97 Å². The largest absolute Gasteiger partial charge is 0.503 e. The van der Waals surface area contributed by atoms with Crippen molar-refractivity contribution in [2.45, 2.75) is 19.9 Å². The van der Waals surface area contributed by atoms with Crippen LogP contribution in [-0.4, -0.2) is 40.9 Å². The Morgan fingerprint density at radius 1 is 1.19 bits per heavy atom. The van der Waals surface area contributed by atoms with Gasteiger partial charge in [0.05, 0.1) is 22.6 Å². The first-order valence-electron chi connectivity index (χ1n) is 9.92. The number of fused-ring (bicyclic) bond motifs is 1. The molecule has 1 amide bonds. The first-order valence-corrected chi connectivity index (χ1v) is 9.92. The van der Waals surface area contributed by atoms with E-state index in [-0.39, 0.29) is 17.3 Å². The predicted molar refractivity (Wildman–Crippen MR) is 117 cm³/mol. The number of nitrogens with zero attached hydrogens (tertiary/aromatic N) is 3. The number of nitrogens with one attached hydrogen (secondary N) is 1. The fourth-order valence-corrected chi connectivity index (χ4v) is 3.74. The average molecular weight is 422 g/mol. The van der Waals surface area contributed by atoms with Crippen molar-refractivity contribution in [3.63, 3.8) is 0 Å². The van der Waals surface area contributed by atoms with E-state index in [1.807, 2.05) is 43.3 Å². The van der Waals surface area contributed by atoms with Gasteiger partial charge in [-0.1, -0.05) is 26.0 Å².